The van der Waals surface area contributed by atoms with Gasteiger partial charge in [-0.25, -0.2) is 4.79 Å². The summed E-state index contributed by atoms with van der Waals surface area (Å²) in [5.74, 6) is -5.44. The lowest BCUT2D eigenvalue weighted by molar-refractivity contribution is -0.145. The average Bonchev–Trinajstić information content (AvgIpc) is 2.60. The van der Waals surface area contributed by atoms with Crippen LogP contribution < -0.4 is 21.7 Å². The molecule has 13 heteroatoms. The van der Waals surface area contributed by atoms with Crippen molar-refractivity contribution in [3.05, 3.63) is 0 Å². The van der Waals surface area contributed by atoms with Crippen LogP contribution in [0.5, 0.6) is 0 Å². The molecule has 3 amide bonds. The van der Waals surface area contributed by atoms with Gasteiger partial charge in [-0.3, -0.25) is 19.2 Å². The van der Waals surface area contributed by atoms with Gasteiger partial charge in [0, 0.05) is 6.42 Å². The monoisotopic (exact) mass is 406 g/mol. The molecule has 9 N–H and O–H groups in total. The second kappa shape index (κ2) is 11.8. The topological polar surface area (TPSA) is 228 Å². The number of nitrogens with one attached hydrogen (secondary N) is 3. The molecule has 0 rings (SSSR count). The van der Waals surface area contributed by atoms with E-state index in [4.69, 9.17) is 21.1 Å². The van der Waals surface area contributed by atoms with Crippen molar-refractivity contribution in [3.63, 3.8) is 0 Å². The van der Waals surface area contributed by atoms with Gasteiger partial charge in [0.15, 0.2) is 6.04 Å². The molecule has 0 aromatic heterocycles. The second-order valence-electron chi connectivity index (χ2n) is 6.08. The molecule has 0 aliphatic heterocycles. The summed E-state index contributed by atoms with van der Waals surface area (Å²) in [5, 5.41) is 42.4. The Hall–Kier alpha value is -2.77. The van der Waals surface area contributed by atoms with Crippen LogP contribution in [-0.2, 0) is 24.0 Å². The van der Waals surface area contributed by atoms with E-state index in [2.05, 4.69) is 10.6 Å². The number of carbonyl (C=O) groups is 5. The van der Waals surface area contributed by atoms with E-state index in [-0.39, 0.29) is 6.42 Å². The molecule has 5 unspecified atom stereocenters. The maximum absolute atomic E-state index is 12.3. The predicted molar refractivity (Wildman–Crippen MR) is 92.7 cm³/mol. The molecule has 160 valence electrons. The highest BCUT2D eigenvalue weighted by Crippen LogP contribution is 2.01. The SMILES string of the molecule is CC(NC(=O)C(CCC(=O)O)NC(=O)C(N)CO)C(=O)NC(C(=O)O)C(C)O. The maximum atomic E-state index is 12.3. The number of aliphatic hydroxyl groups excluding tert-OH is 2. The minimum absolute atomic E-state index is 0.315. The zero-order valence-corrected chi connectivity index (χ0v) is 15.4. The summed E-state index contributed by atoms with van der Waals surface area (Å²) in [6.07, 6.45) is -2.19. The van der Waals surface area contributed by atoms with Crippen LogP contribution >= 0.6 is 0 Å². The Bertz CT molecular complexity index is 596. The predicted octanol–water partition coefficient (Wildman–Crippen LogP) is -3.89. The van der Waals surface area contributed by atoms with Gasteiger partial charge >= 0.3 is 11.9 Å². The standard InChI is InChI=1S/C15H26N4O9/c1-6(12(24)19-11(7(2)21)15(27)28)17-14(26)9(3-4-10(22)23)18-13(25)8(16)5-20/h6-9,11,20-21H,3-5,16H2,1-2H3,(H,17,26)(H,18,25)(H,19,24)(H,22,23)(H,27,28). The molecule has 0 aromatic carbocycles. The number of carbonyl (C=O) groups excluding carboxylic acids is 3. The fourth-order valence-corrected chi connectivity index (χ4v) is 1.94. The van der Waals surface area contributed by atoms with Gasteiger partial charge in [0.1, 0.15) is 18.1 Å². The van der Waals surface area contributed by atoms with E-state index in [1.54, 1.807) is 0 Å². The molecule has 0 radical (unpaired) electrons. The summed E-state index contributed by atoms with van der Waals surface area (Å²) in [7, 11) is 0. The molecular weight excluding hydrogens is 380 g/mol. The largest absolute Gasteiger partial charge is 0.481 e. The zero-order chi connectivity index (χ0) is 22.0. The van der Waals surface area contributed by atoms with Crippen molar-refractivity contribution in [1.82, 2.24) is 16.0 Å². The Morgan fingerprint density at radius 2 is 1.50 bits per heavy atom. The quantitative estimate of drug-likeness (QED) is 0.157. The molecule has 0 heterocycles. The van der Waals surface area contributed by atoms with Gasteiger partial charge in [-0.05, 0) is 20.3 Å². The first kappa shape index (κ1) is 25.2. The molecule has 0 saturated carbocycles. The molecule has 0 aromatic rings. The van der Waals surface area contributed by atoms with Gasteiger partial charge in [-0.2, -0.15) is 0 Å². The van der Waals surface area contributed by atoms with E-state index in [0.29, 0.717) is 0 Å². The fraction of sp³-hybridized carbons (Fsp3) is 0.667. The van der Waals surface area contributed by atoms with Crippen molar-refractivity contribution >= 4 is 29.7 Å². The molecule has 0 saturated heterocycles. The van der Waals surface area contributed by atoms with Gasteiger partial charge in [-0.15, -0.1) is 0 Å². The van der Waals surface area contributed by atoms with Crippen LogP contribution in [0.15, 0.2) is 0 Å². The summed E-state index contributed by atoms with van der Waals surface area (Å²) < 4.78 is 0. The summed E-state index contributed by atoms with van der Waals surface area (Å²) in [5.41, 5.74) is 5.33. The van der Waals surface area contributed by atoms with Crippen molar-refractivity contribution in [2.24, 2.45) is 5.73 Å². The Kier molecular flexibility index (Phi) is 10.7. The summed E-state index contributed by atoms with van der Waals surface area (Å²) in [6.45, 7) is 1.68. The first-order chi connectivity index (χ1) is 12.9. The normalized spacial score (nSPS) is 16.0. The molecule has 0 fully saturated rings. The average molecular weight is 406 g/mol. The number of carboxylic acids is 2. The van der Waals surface area contributed by atoms with Crippen molar-refractivity contribution in [3.8, 4) is 0 Å². The second-order valence-corrected chi connectivity index (χ2v) is 6.08. The van der Waals surface area contributed by atoms with E-state index in [9.17, 15) is 29.1 Å². The lowest BCUT2D eigenvalue weighted by Crippen LogP contribution is -2.57. The van der Waals surface area contributed by atoms with Crippen molar-refractivity contribution in [1.29, 1.82) is 0 Å². The van der Waals surface area contributed by atoms with E-state index >= 15 is 0 Å². The minimum atomic E-state index is -1.60. The number of rotatable bonds is 12. The molecule has 13 nitrogen and oxygen atoms in total. The van der Waals surface area contributed by atoms with Gasteiger partial charge in [0.2, 0.25) is 17.7 Å². The Balaban J connectivity index is 5.06. The summed E-state index contributed by atoms with van der Waals surface area (Å²) >= 11 is 0. The van der Waals surface area contributed by atoms with Crippen LogP contribution in [0.3, 0.4) is 0 Å². The highest BCUT2D eigenvalue weighted by Gasteiger charge is 2.30. The number of hydrogen-bond donors (Lipinski definition) is 8. The van der Waals surface area contributed by atoms with Crippen LogP contribution in [0.4, 0.5) is 0 Å². The fourth-order valence-electron chi connectivity index (χ4n) is 1.94. The highest BCUT2D eigenvalue weighted by atomic mass is 16.4. The summed E-state index contributed by atoms with van der Waals surface area (Å²) in [6, 6.07) is -5.55. The van der Waals surface area contributed by atoms with E-state index in [0.717, 1.165) is 6.92 Å². The molecule has 0 bridgehead atoms. The lowest BCUT2D eigenvalue weighted by atomic mass is 10.1. The van der Waals surface area contributed by atoms with E-state index in [1.807, 2.05) is 5.32 Å². The van der Waals surface area contributed by atoms with Crippen LogP contribution in [0.25, 0.3) is 0 Å². The molecule has 0 aliphatic rings. The van der Waals surface area contributed by atoms with Crippen LogP contribution in [0.2, 0.25) is 0 Å². The molecule has 5 atom stereocenters. The highest BCUT2D eigenvalue weighted by molar-refractivity contribution is 5.94. The first-order valence-corrected chi connectivity index (χ1v) is 8.30. The number of carboxylic acid groups (broad SMARTS) is 2. The van der Waals surface area contributed by atoms with Crippen molar-refractivity contribution in [2.45, 2.75) is 57.0 Å². The molecule has 0 aliphatic carbocycles. The van der Waals surface area contributed by atoms with Gasteiger partial charge in [0.05, 0.1) is 12.7 Å². The number of aliphatic hydroxyl groups is 2. The zero-order valence-electron chi connectivity index (χ0n) is 15.4. The Morgan fingerprint density at radius 3 is 1.93 bits per heavy atom. The van der Waals surface area contributed by atoms with Crippen LogP contribution in [-0.4, -0.2) is 87.0 Å². The Morgan fingerprint density at radius 1 is 0.929 bits per heavy atom. The van der Waals surface area contributed by atoms with Crippen molar-refractivity contribution in [2.75, 3.05) is 6.61 Å². The third kappa shape index (κ3) is 8.75. The third-order valence-corrected chi connectivity index (χ3v) is 3.61. The van der Waals surface area contributed by atoms with Crippen molar-refractivity contribution < 1.29 is 44.4 Å². The first-order valence-electron chi connectivity index (χ1n) is 8.30. The van der Waals surface area contributed by atoms with Gasteiger partial charge in [0.25, 0.3) is 0 Å². The molecule has 0 spiro atoms. The third-order valence-electron chi connectivity index (χ3n) is 3.61. The van der Waals surface area contributed by atoms with Crippen LogP contribution in [0.1, 0.15) is 26.7 Å². The number of aliphatic carboxylic acids is 2. The maximum Gasteiger partial charge on any atom is 0.328 e. The number of hydrogen-bond acceptors (Lipinski definition) is 8. The van der Waals surface area contributed by atoms with Gasteiger partial charge in [-0.1, -0.05) is 0 Å². The smallest absolute Gasteiger partial charge is 0.328 e. The van der Waals surface area contributed by atoms with E-state index in [1.165, 1.54) is 6.92 Å². The minimum Gasteiger partial charge on any atom is -0.481 e. The Labute approximate surface area is 160 Å². The number of amides is 3. The molecular formula is C15H26N4O9. The lowest BCUT2D eigenvalue weighted by Gasteiger charge is -2.23. The number of nitrogens with two attached hydrogens (primary N) is 1. The van der Waals surface area contributed by atoms with Crippen LogP contribution in [0, 0.1) is 0 Å². The summed E-state index contributed by atoms with van der Waals surface area (Å²) in [4.78, 5) is 57.8. The molecule has 28 heavy (non-hydrogen) atoms. The van der Waals surface area contributed by atoms with Gasteiger partial charge < -0.3 is 42.1 Å². The van der Waals surface area contributed by atoms with E-state index < -0.39 is 73.0 Å².